The maximum atomic E-state index is 6.16. The molecule has 0 aliphatic heterocycles. The van der Waals surface area contributed by atoms with E-state index >= 15 is 0 Å². The summed E-state index contributed by atoms with van der Waals surface area (Å²) in [5.41, 5.74) is 1.26. The number of benzene rings is 1. The van der Waals surface area contributed by atoms with Crippen molar-refractivity contribution in [1.82, 2.24) is 5.32 Å². The molecule has 27 heavy (non-hydrogen) atoms. The fourth-order valence-corrected chi connectivity index (χ4v) is 6.94. The van der Waals surface area contributed by atoms with Crippen molar-refractivity contribution in [2.24, 2.45) is 23.2 Å². The second-order valence-electron chi connectivity index (χ2n) is 9.06. The molecule has 0 spiro atoms. The number of rotatable bonds is 6. The zero-order valence-corrected chi connectivity index (χ0v) is 18.0. The van der Waals surface area contributed by atoms with Crippen molar-refractivity contribution in [2.45, 2.75) is 64.3 Å². The number of anilines is 1. The molecule has 4 saturated carbocycles. The van der Waals surface area contributed by atoms with Gasteiger partial charge < -0.3 is 15.4 Å². The van der Waals surface area contributed by atoms with E-state index < -0.39 is 0 Å². The minimum absolute atomic E-state index is 0.439. The molecule has 2 N–H and O–H groups in total. The Kier molecular flexibility index (Phi) is 5.57. The first-order valence-electron chi connectivity index (χ1n) is 10.4. The summed E-state index contributed by atoms with van der Waals surface area (Å²) in [5, 5.41) is 8.41. The molecule has 1 unspecified atom stereocenters. The van der Waals surface area contributed by atoms with Crippen LogP contribution in [0.1, 0.15) is 58.3 Å². The second-order valence-corrected chi connectivity index (χ2v) is 9.91. The van der Waals surface area contributed by atoms with E-state index in [-0.39, 0.29) is 0 Å². The number of methoxy groups -OCH3 is 1. The lowest BCUT2D eigenvalue weighted by molar-refractivity contribution is -0.0718. The summed E-state index contributed by atoms with van der Waals surface area (Å²) in [6.07, 6.45) is 10.9. The largest absolute Gasteiger partial charge is 0.495 e. The van der Waals surface area contributed by atoms with E-state index in [1.54, 1.807) is 7.11 Å². The van der Waals surface area contributed by atoms with Gasteiger partial charge in [0, 0.05) is 11.1 Å². The van der Waals surface area contributed by atoms with Gasteiger partial charge in [-0.1, -0.05) is 24.9 Å². The lowest BCUT2D eigenvalue weighted by atomic mass is 9.47. The highest BCUT2D eigenvalue weighted by Crippen LogP contribution is 2.61. The molecule has 4 bridgehead atoms. The average Bonchev–Trinajstić information content (AvgIpc) is 2.60. The Labute approximate surface area is 173 Å². The van der Waals surface area contributed by atoms with Crippen LogP contribution in [0, 0.1) is 23.2 Å². The van der Waals surface area contributed by atoms with E-state index in [0.29, 0.717) is 21.6 Å². The predicted molar refractivity (Wildman–Crippen MR) is 117 cm³/mol. The van der Waals surface area contributed by atoms with Gasteiger partial charge in [-0.25, -0.2) is 0 Å². The van der Waals surface area contributed by atoms with Crippen molar-refractivity contribution < 1.29 is 4.74 Å². The highest BCUT2D eigenvalue weighted by molar-refractivity contribution is 7.80. The Morgan fingerprint density at radius 3 is 2.41 bits per heavy atom. The molecule has 148 valence electrons. The van der Waals surface area contributed by atoms with Crippen LogP contribution in [-0.4, -0.2) is 18.3 Å². The molecule has 3 nitrogen and oxygen atoms in total. The zero-order chi connectivity index (χ0) is 19.0. The minimum Gasteiger partial charge on any atom is -0.495 e. The van der Waals surface area contributed by atoms with Crippen LogP contribution in [0.2, 0.25) is 5.02 Å². The van der Waals surface area contributed by atoms with Crippen LogP contribution in [0.5, 0.6) is 5.75 Å². The average molecular weight is 407 g/mol. The molecule has 4 aliphatic carbocycles. The molecule has 5 rings (SSSR count). The van der Waals surface area contributed by atoms with E-state index in [4.69, 9.17) is 28.6 Å². The normalized spacial score (nSPS) is 32.2. The van der Waals surface area contributed by atoms with Crippen molar-refractivity contribution in [1.29, 1.82) is 0 Å². The van der Waals surface area contributed by atoms with Crippen LogP contribution in [0.4, 0.5) is 5.69 Å². The molecule has 0 amide bonds. The van der Waals surface area contributed by atoms with Gasteiger partial charge in [-0.15, -0.1) is 0 Å². The Morgan fingerprint density at radius 1 is 1.22 bits per heavy atom. The van der Waals surface area contributed by atoms with Crippen molar-refractivity contribution >= 4 is 34.6 Å². The van der Waals surface area contributed by atoms with Crippen LogP contribution in [0.25, 0.3) is 0 Å². The molecule has 1 aromatic rings. The number of halogens is 1. The van der Waals surface area contributed by atoms with E-state index in [1.165, 1.54) is 51.4 Å². The van der Waals surface area contributed by atoms with Crippen LogP contribution in [0.15, 0.2) is 18.2 Å². The van der Waals surface area contributed by atoms with Gasteiger partial charge in [0.25, 0.3) is 0 Å². The number of ether oxygens (including phenoxy) is 1. The first-order valence-corrected chi connectivity index (χ1v) is 11.2. The molecular formula is C22H31ClN2OS. The Balaban J connectivity index is 1.49. The Hall–Kier alpha value is -1.00. The summed E-state index contributed by atoms with van der Waals surface area (Å²) in [7, 11) is 1.67. The topological polar surface area (TPSA) is 33.3 Å². The molecule has 1 atom stereocenters. The first kappa shape index (κ1) is 19.3. The fraction of sp³-hybridized carbons (Fsp3) is 0.682. The summed E-state index contributed by atoms with van der Waals surface area (Å²) in [6.45, 7) is 2.28. The molecule has 0 heterocycles. The third-order valence-corrected chi connectivity index (χ3v) is 7.57. The molecule has 4 aliphatic rings. The summed E-state index contributed by atoms with van der Waals surface area (Å²) in [5.74, 6) is 3.61. The highest BCUT2D eigenvalue weighted by Gasteiger charge is 2.54. The van der Waals surface area contributed by atoms with Crippen LogP contribution >= 0.6 is 23.8 Å². The van der Waals surface area contributed by atoms with Gasteiger partial charge in [0.15, 0.2) is 5.11 Å². The molecule has 0 radical (unpaired) electrons. The molecule has 5 heteroatoms. The lowest BCUT2D eigenvalue weighted by Crippen LogP contribution is -2.57. The van der Waals surface area contributed by atoms with Crippen LogP contribution < -0.4 is 15.4 Å². The third kappa shape index (κ3) is 3.93. The summed E-state index contributed by atoms with van der Waals surface area (Å²) in [4.78, 5) is 0. The van der Waals surface area contributed by atoms with Gasteiger partial charge >= 0.3 is 0 Å². The predicted octanol–water partition coefficient (Wildman–Crippen LogP) is 6.02. The van der Waals surface area contributed by atoms with Crippen molar-refractivity contribution in [2.75, 3.05) is 12.4 Å². The first-order chi connectivity index (χ1) is 13.0. The maximum Gasteiger partial charge on any atom is 0.171 e. The van der Waals surface area contributed by atoms with E-state index in [1.807, 2.05) is 18.2 Å². The number of hydrogen-bond donors (Lipinski definition) is 2. The van der Waals surface area contributed by atoms with Crippen LogP contribution in [-0.2, 0) is 0 Å². The zero-order valence-electron chi connectivity index (χ0n) is 16.4. The molecular weight excluding hydrogens is 376 g/mol. The quantitative estimate of drug-likeness (QED) is 0.566. The third-order valence-electron chi connectivity index (χ3n) is 7.12. The maximum absolute atomic E-state index is 6.16. The monoisotopic (exact) mass is 406 g/mol. The van der Waals surface area contributed by atoms with E-state index in [9.17, 15) is 0 Å². The summed E-state index contributed by atoms with van der Waals surface area (Å²) < 4.78 is 5.45. The smallest absolute Gasteiger partial charge is 0.171 e. The second kappa shape index (κ2) is 7.79. The summed E-state index contributed by atoms with van der Waals surface area (Å²) in [6, 6.07) is 6.03. The van der Waals surface area contributed by atoms with Crippen molar-refractivity contribution in [3.63, 3.8) is 0 Å². The van der Waals surface area contributed by atoms with Crippen molar-refractivity contribution in [3.8, 4) is 5.75 Å². The Bertz CT molecular complexity index is 672. The van der Waals surface area contributed by atoms with E-state index in [0.717, 1.165) is 29.2 Å². The van der Waals surface area contributed by atoms with Gasteiger partial charge in [0.2, 0.25) is 0 Å². The number of hydrogen-bond acceptors (Lipinski definition) is 2. The van der Waals surface area contributed by atoms with Crippen LogP contribution in [0.3, 0.4) is 0 Å². The molecule has 4 fully saturated rings. The Morgan fingerprint density at radius 2 is 1.85 bits per heavy atom. The van der Waals surface area contributed by atoms with Gasteiger partial charge in [-0.05, 0) is 98.5 Å². The number of nitrogens with one attached hydrogen (secondary N) is 2. The van der Waals surface area contributed by atoms with E-state index in [2.05, 4.69) is 17.6 Å². The van der Waals surface area contributed by atoms with Gasteiger partial charge in [0.1, 0.15) is 5.75 Å². The van der Waals surface area contributed by atoms with Gasteiger partial charge in [0.05, 0.1) is 12.8 Å². The lowest BCUT2D eigenvalue weighted by Gasteiger charge is -2.59. The molecule has 0 saturated heterocycles. The minimum atomic E-state index is 0.439. The standard InChI is InChI=1S/C22H31ClN2OS/c1-3-4-20(22-11-14-7-15(12-22)9-16(8-14)13-22)25-21(27)24-18-10-17(23)5-6-19(18)26-2/h5-6,10,14-16,20H,3-4,7-9,11-13H2,1-2H3,(H2,24,25,27). The molecule has 0 aromatic heterocycles. The van der Waals surface area contributed by atoms with Gasteiger partial charge in [-0.2, -0.15) is 0 Å². The fourth-order valence-electron chi connectivity index (χ4n) is 6.52. The van der Waals surface area contributed by atoms with Crippen molar-refractivity contribution in [3.05, 3.63) is 23.2 Å². The summed E-state index contributed by atoms with van der Waals surface area (Å²) >= 11 is 11.9. The highest BCUT2D eigenvalue weighted by atomic mass is 35.5. The number of thiocarbonyl (C=S) groups is 1. The van der Waals surface area contributed by atoms with Gasteiger partial charge in [-0.3, -0.25) is 0 Å². The SMILES string of the molecule is CCCC(NC(=S)Nc1cc(Cl)ccc1OC)C12CC3CC(CC(C3)C1)C2. The molecule has 1 aromatic carbocycles.